The van der Waals surface area contributed by atoms with Crippen molar-refractivity contribution in [3.05, 3.63) is 36.7 Å². The summed E-state index contributed by atoms with van der Waals surface area (Å²) in [5.41, 5.74) is 1.11. The topological polar surface area (TPSA) is 12.5 Å². The summed E-state index contributed by atoms with van der Waals surface area (Å²) in [6, 6.07) is 8.00. The first-order valence-corrected chi connectivity index (χ1v) is 4.76. The smallest absolute Gasteiger partial charge is 0.193 e. The lowest BCUT2D eigenvalue weighted by Crippen LogP contribution is -2.39. The summed E-state index contributed by atoms with van der Waals surface area (Å²) in [4.78, 5) is 2.11. The van der Waals surface area contributed by atoms with Crippen LogP contribution in [0.15, 0.2) is 36.7 Å². The summed E-state index contributed by atoms with van der Waals surface area (Å²) in [6.45, 7) is 10.3. The Bertz CT molecular complexity index is 376. The van der Waals surface area contributed by atoms with Gasteiger partial charge in [-0.15, -0.1) is 0 Å². The zero-order chi connectivity index (χ0) is 10.3. The molecule has 0 aliphatic carbocycles. The number of ether oxygens (including phenoxy) is 1. The van der Waals surface area contributed by atoms with E-state index in [9.17, 15) is 0 Å². The van der Waals surface area contributed by atoms with E-state index in [2.05, 4.69) is 38.3 Å². The molecule has 14 heavy (non-hydrogen) atoms. The van der Waals surface area contributed by atoms with Gasteiger partial charge in [0.2, 0.25) is 0 Å². The van der Waals surface area contributed by atoms with Gasteiger partial charge in [0.25, 0.3) is 0 Å². The molecule has 1 aromatic rings. The van der Waals surface area contributed by atoms with Crippen LogP contribution in [-0.4, -0.2) is 5.54 Å². The van der Waals surface area contributed by atoms with Crippen molar-refractivity contribution in [1.82, 2.24) is 0 Å². The predicted octanol–water partition coefficient (Wildman–Crippen LogP) is 3.16. The maximum atomic E-state index is 5.58. The molecule has 1 aliphatic heterocycles. The van der Waals surface area contributed by atoms with E-state index in [0.717, 1.165) is 11.4 Å². The van der Waals surface area contributed by atoms with Crippen LogP contribution in [0, 0.1) is 0 Å². The maximum absolute atomic E-state index is 5.58. The van der Waals surface area contributed by atoms with Crippen LogP contribution in [-0.2, 0) is 0 Å². The Morgan fingerprint density at radius 2 is 1.86 bits per heavy atom. The average molecular weight is 189 g/mol. The minimum absolute atomic E-state index is 0.00366. The van der Waals surface area contributed by atoms with E-state index in [1.807, 2.05) is 18.2 Å². The van der Waals surface area contributed by atoms with E-state index < -0.39 is 0 Å². The highest BCUT2D eigenvalue weighted by atomic mass is 16.5. The minimum Gasteiger partial charge on any atom is -0.439 e. The number of hydrogen-bond acceptors (Lipinski definition) is 2. The molecule has 0 bridgehead atoms. The van der Waals surface area contributed by atoms with E-state index in [0.29, 0.717) is 5.88 Å². The quantitative estimate of drug-likeness (QED) is 0.621. The van der Waals surface area contributed by atoms with Gasteiger partial charge < -0.3 is 9.64 Å². The van der Waals surface area contributed by atoms with Gasteiger partial charge in [-0.25, -0.2) is 0 Å². The molecule has 0 spiro atoms. The minimum atomic E-state index is 0.00366. The van der Waals surface area contributed by atoms with Crippen molar-refractivity contribution in [3.63, 3.8) is 0 Å². The molecule has 2 heteroatoms. The molecule has 1 aliphatic rings. The SMILES string of the molecule is C=C1Oc2ccccc2N1C(C)(C)C. The number of fused-ring (bicyclic) bond motifs is 1. The Morgan fingerprint density at radius 1 is 1.21 bits per heavy atom. The van der Waals surface area contributed by atoms with Crippen molar-refractivity contribution in [1.29, 1.82) is 0 Å². The molecular formula is C12H15NO. The molecule has 1 aromatic carbocycles. The van der Waals surface area contributed by atoms with E-state index >= 15 is 0 Å². The lowest BCUT2D eigenvalue weighted by Gasteiger charge is -2.32. The third-order valence-corrected chi connectivity index (χ3v) is 2.25. The van der Waals surface area contributed by atoms with E-state index in [1.165, 1.54) is 0 Å². The highest BCUT2D eigenvalue weighted by molar-refractivity contribution is 5.67. The number of rotatable bonds is 0. The van der Waals surface area contributed by atoms with Crippen molar-refractivity contribution in [2.75, 3.05) is 4.90 Å². The van der Waals surface area contributed by atoms with Crippen molar-refractivity contribution in [2.45, 2.75) is 26.3 Å². The van der Waals surface area contributed by atoms with E-state index in [-0.39, 0.29) is 5.54 Å². The third kappa shape index (κ3) is 1.27. The summed E-state index contributed by atoms with van der Waals surface area (Å²) in [6.07, 6.45) is 0. The molecule has 2 rings (SSSR count). The van der Waals surface area contributed by atoms with E-state index in [1.54, 1.807) is 0 Å². The van der Waals surface area contributed by atoms with Crippen LogP contribution >= 0.6 is 0 Å². The zero-order valence-corrected chi connectivity index (χ0v) is 8.87. The molecule has 1 heterocycles. The first-order chi connectivity index (χ1) is 6.50. The third-order valence-electron chi connectivity index (χ3n) is 2.25. The Balaban J connectivity index is 2.50. The Morgan fingerprint density at radius 3 is 2.50 bits per heavy atom. The Hall–Kier alpha value is -1.44. The van der Waals surface area contributed by atoms with Crippen molar-refractivity contribution in [3.8, 4) is 5.75 Å². The molecule has 0 saturated heterocycles. The summed E-state index contributed by atoms with van der Waals surface area (Å²) < 4.78 is 5.58. The van der Waals surface area contributed by atoms with Gasteiger partial charge in [0, 0.05) is 5.54 Å². The summed E-state index contributed by atoms with van der Waals surface area (Å²) >= 11 is 0. The largest absolute Gasteiger partial charge is 0.439 e. The molecule has 0 aromatic heterocycles. The zero-order valence-electron chi connectivity index (χ0n) is 8.87. The van der Waals surface area contributed by atoms with Crippen LogP contribution < -0.4 is 9.64 Å². The molecule has 0 amide bonds. The molecule has 0 unspecified atom stereocenters. The molecule has 0 atom stereocenters. The molecule has 0 saturated carbocycles. The van der Waals surface area contributed by atoms with Gasteiger partial charge in [-0.2, -0.15) is 0 Å². The number of hydrogen-bond donors (Lipinski definition) is 0. The lowest BCUT2D eigenvalue weighted by molar-refractivity contribution is 0.407. The van der Waals surface area contributed by atoms with Crippen LogP contribution in [0.4, 0.5) is 5.69 Å². The summed E-state index contributed by atoms with van der Waals surface area (Å²) in [5, 5.41) is 0. The fourth-order valence-electron chi connectivity index (χ4n) is 1.77. The molecule has 74 valence electrons. The highest BCUT2D eigenvalue weighted by Crippen LogP contribution is 2.41. The maximum Gasteiger partial charge on any atom is 0.193 e. The Kier molecular flexibility index (Phi) is 1.81. The fraction of sp³-hybridized carbons (Fsp3) is 0.333. The second-order valence-electron chi connectivity index (χ2n) is 4.47. The van der Waals surface area contributed by atoms with Crippen LogP contribution in [0.3, 0.4) is 0 Å². The van der Waals surface area contributed by atoms with Crippen molar-refractivity contribution in [2.24, 2.45) is 0 Å². The second kappa shape index (κ2) is 2.77. The van der Waals surface area contributed by atoms with Gasteiger partial charge in [0.05, 0.1) is 5.69 Å². The van der Waals surface area contributed by atoms with Crippen LogP contribution in [0.5, 0.6) is 5.75 Å². The number of anilines is 1. The standard InChI is InChI=1S/C12H15NO/c1-9-13(12(2,3)4)10-7-5-6-8-11(10)14-9/h5-8H,1H2,2-4H3. The Labute approximate surface area is 84.8 Å². The van der Waals surface area contributed by atoms with Crippen LogP contribution in [0.2, 0.25) is 0 Å². The first kappa shape index (κ1) is 9.13. The molecule has 0 fully saturated rings. The molecule has 0 radical (unpaired) electrons. The number of benzene rings is 1. The molecular weight excluding hydrogens is 174 g/mol. The lowest BCUT2D eigenvalue weighted by atomic mass is 10.1. The highest BCUT2D eigenvalue weighted by Gasteiger charge is 2.32. The van der Waals surface area contributed by atoms with E-state index in [4.69, 9.17) is 4.74 Å². The molecule has 0 N–H and O–H groups in total. The average Bonchev–Trinajstić information content (AvgIpc) is 2.38. The van der Waals surface area contributed by atoms with Gasteiger partial charge in [-0.1, -0.05) is 12.1 Å². The van der Waals surface area contributed by atoms with Gasteiger partial charge in [-0.3, -0.25) is 0 Å². The van der Waals surface area contributed by atoms with Crippen LogP contribution in [0.1, 0.15) is 20.8 Å². The fourth-order valence-corrected chi connectivity index (χ4v) is 1.77. The summed E-state index contributed by atoms with van der Waals surface area (Å²) in [5.74, 6) is 1.60. The predicted molar refractivity (Wildman–Crippen MR) is 58.4 cm³/mol. The van der Waals surface area contributed by atoms with Gasteiger partial charge in [-0.05, 0) is 39.5 Å². The number of para-hydroxylation sites is 2. The van der Waals surface area contributed by atoms with Crippen molar-refractivity contribution >= 4 is 5.69 Å². The monoisotopic (exact) mass is 189 g/mol. The summed E-state index contributed by atoms with van der Waals surface area (Å²) in [7, 11) is 0. The van der Waals surface area contributed by atoms with Gasteiger partial charge in [0.1, 0.15) is 0 Å². The normalized spacial score (nSPS) is 15.4. The van der Waals surface area contributed by atoms with Crippen molar-refractivity contribution < 1.29 is 4.74 Å². The number of nitrogens with zero attached hydrogens (tertiary/aromatic N) is 1. The van der Waals surface area contributed by atoms with Gasteiger partial charge >= 0.3 is 0 Å². The van der Waals surface area contributed by atoms with Crippen LogP contribution in [0.25, 0.3) is 0 Å². The van der Waals surface area contributed by atoms with Gasteiger partial charge in [0.15, 0.2) is 11.6 Å². The second-order valence-corrected chi connectivity index (χ2v) is 4.47. The molecule has 2 nitrogen and oxygen atoms in total. The first-order valence-electron chi connectivity index (χ1n) is 4.76.